The van der Waals surface area contributed by atoms with Crippen LogP contribution in [0.5, 0.6) is 5.75 Å². The van der Waals surface area contributed by atoms with Gasteiger partial charge < -0.3 is 14.8 Å². The highest BCUT2D eigenvalue weighted by molar-refractivity contribution is 5.93. The summed E-state index contributed by atoms with van der Waals surface area (Å²) < 4.78 is 15.9. The molecule has 0 aliphatic heterocycles. The van der Waals surface area contributed by atoms with Crippen LogP contribution in [0.15, 0.2) is 30.5 Å². The van der Waals surface area contributed by atoms with Crippen molar-refractivity contribution in [3.05, 3.63) is 47.5 Å². The van der Waals surface area contributed by atoms with Crippen LogP contribution >= 0.6 is 0 Å². The number of aromatic amines is 1. The van der Waals surface area contributed by atoms with Crippen LogP contribution in [0.2, 0.25) is 0 Å². The molecule has 0 amide bonds. The number of carboxylic acid groups (broad SMARTS) is 1. The third-order valence-corrected chi connectivity index (χ3v) is 6.64. The summed E-state index contributed by atoms with van der Waals surface area (Å²) in [6.07, 6.45) is 4.52. The van der Waals surface area contributed by atoms with E-state index in [9.17, 15) is 19.4 Å². The summed E-state index contributed by atoms with van der Waals surface area (Å²) in [4.78, 5) is 16.4. The predicted octanol–water partition coefficient (Wildman–Crippen LogP) is 5.23. The van der Waals surface area contributed by atoms with Crippen molar-refractivity contribution in [1.29, 1.82) is 0 Å². The fourth-order valence-electron chi connectivity index (χ4n) is 5.13. The number of rotatable bonds is 4. The highest BCUT2D eigenvalue weighted by Crippen LogP contribution is 2.45. The van der Waals surface area contributed by atoms with Gasteiger partial charge in [0.15, 0.2) is 17.2 Å². The standard InChI is InChI=1S/C24H25FN4O3/c1-12(2)22-20(13-3-5-14(6-4-13)24(31)32)21-18(9-15-11-26-28-23(15)27-21)29(22)16-7-8-17(25)19(30)10-16/h7-14,30H,3-6H2,1-2H3,(H,31,32)(H,26,27,28). The highest BCUT2D eigenvalue weighted by atomic mass is 19.1. The third kappa shape index (κ3) is 3.21. The van der Waals surface area contributed by atoms with Crippen molar-refractivity contribution < 1.29 is 19.4 Å². The fraction of sp³-hybridized carbons (Fsp3) is 0.375. The van der Waals surface area contributed by atoms with Gasteiger partial charge in [0.25, 0.3) is 0 Å². The number of benzene rings is 1. The molecule has 3 aromatic heterocycles. The molecule has 1 aliphatic carbocycles. The summed E-state index contributed by atoms with van der Waals surface area (Å²) >= 11 is 0. The Labute approximate surface area is 183 Å². The first-order valence-corrected chi connectivity index (χ1v) is 10.9. The Kier molecular flexibility index (Phi) is 4.87. The van der Waals surface area contributed by atoms with Gasteiger partial charge in [-0.05, 0) is 55.7 Å². The van der Waals surface area contributed by atoms with Gasteiger partial charge >= 0.3 is 5.97 Å². The molecule has 0 spiro atoms. The van der Waals surface area contributed by atoms with Gasteiger partial charge in [0.05, 0.1) is 23.1 Å². The van der Waals surface area contributed by atoms with Crippen LogP contribution < -0.4 is 0 Å². The Balaban J connectivity index is 1.78. The maximum atomic E-state index is 13.8. The summed E-state index contributed by atoms with van der Waals surface area (Å²) in [6, 6.07) is 6.37. The Bertz CT molecular complexity index is 1330. The quantitative estimate of drug-likeness (QED) is 0.406. The minimum absolute atomic E-state index is 0.125. The lowest BCUT2D eigenvalue weighted by atomic mass is 9.77. The number of pyridine rings is 1. The molecule has 32 heavy (non-hydrogen) atoms. The molecular weight excluding hydrogens is 411 g/mol. The van der Waals surface area contributed by atoms with Crippen LogP contribution in [0.1, 0.15) is 62.6 Å². The normalized spacial score (nSPS) is 19.2. The van der Waals surface area contributed by atoms with Crippen LogP contribution in [0, 0.1) is 11.7 Å². The number of halogens is 1. The largest absolute Gasteiger partial charge is 0.505 e. The van der Waals surface area contributed by atoms with E-state index in [4.69, 9.17) is 4.98 Å². The maximum Gasteiger partial charge on any atom is 0.306 e. The summed E-state index contributed by atoms with van der Waals surface area (Å²) in [6.45, 7) is 4.21. The van der Waals surface area contributed by atoms with E-state index < -0.39 is 17.5 Å². The van der Waals surface area contributed by atoms with E-state index in [1.807, 2.05) is 6.07 Å². The van der Waals surface area contributed by atoms with Crippen LogP contribution in [-0.4, -0.2) is 35.9 Å². The lowest BCUT2D eigenvalue weighted by Crippen LogP contribution is -2.21. The SMILES string of the molecule is CC(C)c1c(C2CCC(C(=O)O)CC2)c2nc3[nH]ncc3cc2n1-c1ccc(F)c(O)c1. The van der Waals surface area contributed by atoms with Crippen molar-refractivity contribution in [3.63, 3.8) is 0 Å². The average Bonchev–Trinajstić information content (AvgIpc) is 3.36. The minimum atomic E-state index is -0.728. The van der Waals surface area contributed by atoms with Crippen LogP contribution in [0.4, 0.5) is 4.39 Å². The number of nitrogens with zero attached hydrogens (tertiary/aromatic N) is 3. The molecule has 0 radical (unpaired) electrons. The second-order valence-corrected chi connectivity index (χ2v) is 8.98. The summed E-state index contributed by atoms with van der Waals surface area (Å²) in [5.41, 5.74) is 5.22. The van der Waals surface area contributed by atoms with Gasteiger partial charge in [-0.3, -0.25) is 9.89 Å². The summed E-state index contributed by atoms with van der Waals surface area (Å²) in [7, 11) is 0. The zero-order valence-corrected chi connectivity index (χ0v) is 18.0. The van der Waals surface area contributed by atoms with Gasteiger partial charge in [0.2, 0.25) is 0 Å². The number of aromatic nitrogens is 4. The Morgan fingerprint density at radius 3 is 2.62 bits per heavy atom. The van der Waals surface area contributed by atoms with E-state index in [1.165, 1.54) is 12.1 Å². The van der Waals surface area contributed by atoms with Gasteiger partial charge in [0, 0.05) is 28.4 Å². The van der Waals surface area contributed by atoms with E-state index in [-0.39, 0.29) is 17.8 Å². The Hall–Kier alpha value is -3.42. The smallest absolute Gasteiger partial charge is 0.306 e. The number of hydrogen-bond acceptors (Lipinski definition) is 4. The molecule has 1 aromatic carbocycles. The van der Waals surface area contributed by atoms with Gasteiger partial charge in [-0.1, -0.05) is 13.8 Å². The van der Waals surface area contributed by atoms with Gasteiger partial charge in [0.1, 0.15) is 0 Å². The number of H-pyrrole nitrogens is 1. The molecule has 3 N–H and O–H groups in total. The summed E-state index contributed by atoms with van der Waals surface area (Å²) in [5.74, 6) is -1.80. The second kappa shape index (κ2) is 7.62. The molecule has 3 heterocycles. The lowest BCUT2D eigenvalue weighted by Gasteiger charge is -2.27. The topological polar surface area (TPSA) is 104 Å². The highest BCUT2D eigenvalue weighted by Gasteiger charge is 2.33. The molecule has 0 saturated heterocycles. The number of aliphatic carboxylic acids is 1. The second-order valence-electron chi connectivity index (χ2n) is 8.98. The zero-order chi connectivity index (χ0) is 22.6. The molecule has 166 valence electrons. The monoisotopic (exact) mass is 436 g/mol. The number of aromatic hydroxyl groups is 1. The molecule has 4 aromatic rings. The van der Waals surface area contributed by atoms with Crippen molar-refractivity contribution in [2.24, 2.45) is 5.92 Å². The number of carboxylic acids is 1. The van der Waals surface area contributed by atoms with Crippen molar-refractivity contribution in [2.75, 3.05) is 0 Å². The fourth-order valence-corrected chi connectivity index (χ4v) is 5.13. The molecule has 0 bridgehead atoms. The molecule has 1 fully saturated rings. The molecular formula is C24H25FN4O3. The number of hydrogen-bond donors (Lipinski definition) is 3. The molecule has 7 nitrogen and oxygen atoms in total. The predicted molar refractivity (Wildman–Crippen MR) is 119 cm³/mol. The van der Waals surface area contributed by atoms with Crippen molar-refractivity contribution in [2.45, 2.75) is 51.4 Å². The van der Waals surface area contributed by atoms with E-state index in [1.54, 1.807) is 12.3 Å². The number of fused-ring (bicyclic) bond motifs is 2. The number of carbonyl (C=O) groups is 1. The van der Waals surface area contributed by atoms with Crippen LogP contribution in [-0.2, 0) is 4.79 Å². The number of nitrogens with one attached hydrogen (secondary N) is 1. The van der Waals surface area contributed by atoms with Crippen LogP contribution in [0.25, 0.3) is 27.8 Å². The average molecular weight is 436 g/mol. The molecule has 0 atom stereocenters. The first kappa shape index (κ1) is 20.5. The Morgan fingerprint density at radius 2 is 1.97 bits per heavy atom. The van der Waals surface area contributed by atoms with Crippen molar-refractivity contribution >= 4 is 28.0 Å². The van der Waals surface area contributed by atoms with E-state index in [2.05, 4.69) is 28.6 Å². The lowest BCUT2D eigenvalue weighted by molar-refractivity contribution is -0.142. The third-order valence-electron chi connectivity index (χ3n) is 6.64. The van der Waals surface area contributed by atoms with Crippen molar-refractivity contribution in [3.8, 4) is 11.4 Å². The van der Waals surface area contributed by atoms with E-state index in [0.717, 1.165) is 40.5 Å². The van der Waals surface area contributed by atoms with Gasteiger partial charge in [-0.15, -0.1) is 0 Å². The van der Waals surface area contributed by atoms with E-state index >= 15 is 0 Å². The Morgan fingerprint density at radius 1 is 1.22 bits per heavy atom. The van der Waals surface area contributed by atoms with Crippen LogP contribution in [0.3, 0.4) is 0 Å². The molecule has 1 saturated carbocycles. The molecule has 0 unspecified atom stereocenters. The number of phenols is 1. The molecule has 1 aliphatic rings. The zero-order valence-electron chi connectivity index (χ0n) is 18.0. The number of phenolic OH excluding ortho intramolecular Hbond substituents is 1. The van der Waals surface area contributed by atoms with Crippen molar-refractivity contribution in [1.82, 2.24) is 19.7 Å². The maximum absolute atomic E-state index is 13.8. The van der Waals surface area contributed by atoms with Gasteiger partial charge in [-0.2, -0.15) is 5.10 Å². The molecule has 5 rings (SSSR count). The van der Waals surface area contributed by atoms with Gasteiger partial charge in [-0.25, -0.2) is 9.37 Å². The summed E-state index contributed by atoms with van der Waals surface area (Å²) in [5, 5.41) is 27.4. The minimum Gasteiger partial charge on any atom is -0.505 e. The van der Waals surface area contributed by atoms with E-state index in [0.29, 0.717) is 24.2 Å². The molecule has 8 heteroatoms. The first-order chi connectivity index (χ1) is 15.3. The first-order valence-electron chi connectivity index (χ1n) is 10.9.